The van der Waals surface area contributed by atoms with E-state index in [1.165, 1.54) is 152 Å². The zero-order valence-corrected chi connectivity index (χ0v) is 37.6. The van der Waals surface area contributed by atoms with E-state index in [0.717, 1.165) is 42.4 Å². The average Bonchev–Trinajstić information content (AvgIpc) is 3.24. The molecule has 0 nitrogen and oxygen atoms in total. The third-order valence-corrected chi connectivity index (χ3v) is 12.1. The quantitative estimate of drug-likeness (QED) is 0.231. The second kappa shape index (κ2) is 40.5. The van der Waals surface area contributed by atoms with Gasteiger partial charge in [-0.05, 0) is 99.0 Å². The molecule has 8 rings (SSSR count). The van der Waals surface area contributed by atoms with Gasteiger partial charge in [0.2, 0.25) is 0 Å². The van der Waals surface area contributed by atoms with Crippen molar-refractivity contribution in [1.82, 2.24) is 0 Å². The third kappa shape index (κ3) is 35.6. The van der Waals surface area contributed by atoms with Crippen molar-refractivity contribution in [2.45, 2.75) is 212 Å². The Morgan fingerprint density at radius 2 is 0.627 bits per heavy atom. The molecule has 0 saturated heterocycles. The lowest BCUT2D eigenvalue weighted by atomic mass is 9.91. The number of rotatable bonds is 3. The van der Waals surface area contributed by atoms with Crippen LogP contribution in [0.3, 0.4) is 0 Å². The van der Waals surface area contributed by atoms with Crippen LogP contribution >= 0.6 is 0 Å². The molecule has 3 aromatic rings. The fourth-order valence-electron chi connectivity index (χ4n) is 7.92. The maximum absolute atomic E-state index is 2.36. The summed E-state index contributed by atoms with van der Waals surface area (Å²) in [5.41, 5.74) is 4.15. The van der Waals surface area contributed by atoms with E-state index in [1.54, 1.807) is 0 Å². The van der Waals surface area contributed by atoms with E-state index in [-0.39, 0.29) is 22.3 Å². The second-order valence-electron chi connectivity index (χ2n) is 18.1. The highest BCUT2D eigenvalue weighted by atomic mass is 14.1. The van der Waals surface area contributed by atoms with E-state index in [4.69, 9.17) is 0 Å². The van der Waals surface area contributed by atoms with Gasteiger partial charge in [-0.1, -0.05) is 274 Å². The Balaban J connectivity index is 0. The van der Waals surface area contributed by atoms with E-state index in [9.17, 15) is 0 Å². The molecule has 0 spiro atoms. The smallest absolute Gasteiger partial charge is 0.0238 e. The SMILES string of the molecule is C.C.C.CC1CC=CCC1.CC1CC=CCC1.CC1CCCCC1.CC1CCCCC1.CC1CCCCC1.Cc1ccccc1.c1ccc(CCc2ccccc2)cc1. The van der Waals surface area contributed by atoms with E-state index in [2.05, 4.69) is 139 Å². The van der Waals surface area contributed by atoms with E-state index in [0.29, 0.717) is 0 Å². The van der Waals surface area contributed by atoms with E-state index in [1.807, 2.05) is 18.2 Å². The zero-order chi connectivity index (χ0) is 40.3. The fourth-order valence-corrected chi connectivity index (χ4v) is 7.92. The standard InChI is InChI=1S/C14H14.3C7H14.2C7H12.C7H8.3CH4/c1-3-7-13(8-4-1)11-12-14-9-5-2-6-10-14;6*1-7-5-3-2-4-6-7;;;/h1-10H,11-12H2;3*7H,2-6H2,1H3;2*2-3,7H,4-6H2,1H3;2-6H,1H3;3*1H4. The van der Waals surface area contributed by atoms with Crippen molar-refractivity contribution in [3.63, 3.8) is 0 Å². The maximum Gasteiger partial charge on any atom is -0.0238 e. The summed E-state index contributed by atoms with van der Waals surface area (Å²) in [7, 11) is 0. The first-order chi connectivity index (χ1) is 27.3. The lowest BCUT2D eigenvalue weighted by molar-refractivity contribution is 0.385. The Bertz CT molecular complexity index is 1190. The minimum absolute atomic E-state index is 0. The van der Waals surface area contributed by atoms with Gasteiger partial charge in [0.1, 0.15) is 0 Å². The summed E-state index contributed by atoms with van der Waals surface area (Å²) in [6.45, 7) is 13.8. The van der Waals surface area contributed by atoms with Crippen molar-refractivity contribution < 1.29 is 0 Å². The number of hydrogen-bond acceptors (Lipinski definition) is 0. The molecule has 3 fully saturated rings. The predicted octanol–water partition coefficient (Wildman–Crippen LogP) is 19.9. The van der Waals surface area contributed by atoms with Gasteiger partial charge in [-0.3, -0.25) is 0 Å². The Kier molecular flexibility index (Phi) is 40.0. The first-order valence-electron chi connectivity index (χ1n) is 23.7. The Morgan fingerprint density at radius 1 is 0.339 bits per heavy atom. The number of aryl methyl sites for hydroxylation is 3. The molecule has 0 N–H and O–H groups in total. The van der Waals surface area contributed by atoms with Crippen LogP contribution in [-0.4, -0.2) is 0 Å². The van der Waals surface area contributed by atoms with Crippen LogP contribution < -0.4 is 0 Å². The minimum atomic E-state index is 0. The molecule has 3 saturated carbocycles. The summed E-state index contributed by atoms with van der Waals surface area (Å²) in [5, 5.41) is 0. The van der Waals surface area contributed by atoms with Gasteiger partial charge < -0.3 is 0 Å². The number of benzene rings is 3. The van der Waals surface area contributed by atoms with Crippen LogP contribution in [0.1, 0.15) is 208 Å². The molecule has 0 bridgehead atoms. The Hall–Kier alpha value is -2.86. The second-order valence-corrected chi connectivity index (χ2v) is 18.1. The molecule has 59 heavy (non-hydrogen) atoms. The van der Waals surface area contributed by atoms with Crippen molar-refractivity contribution in [3.05, 3.63) is 132 Å². The predicted molar refractivity (Wildman–Crippen MR) is 273 cm³/mol. The molecule has 0 amide bonds. The molecule has 0 aromatic heterocycles. The molecule has 0 aliphatic heterocycles. The van der Waals surface area contributed by atoms with Gasteiger partial charge in [-0.15, -0.1) is 0 Å². The van der Waals surface area contributed by atoms with E-state index < -0.39 is 0 Å². The fraction of sp³-hybridized carbons (Fsp3) is 0.627. The lowest BCUT2D eigenvalue weighted by Gasteiger charge is -2.15. The number of allylic oxidation sites excluding steroid dienone is 4. The monoisotopic (exact) mass is 809 g/mol. The maximum atomic E-state index is 2.36. The Labute approximate surface area is 371 Å². The molecule has 0 heteroatoms. The first kappa shape index (κ1) is 58.2. The third-order valence-electron chi connectivity index (χ3n) is 12.1. The van der Waals surface area contributed by atoms with Crippen molar-refractivity contribution in [3.8, 4) is 0 Å². The normalized spacial score (nSPS) is 19.7. The molecule has 5 aliphatic rings. The summed E-state index contributed by atoms with van der Waals surface area (Å²) in [6, 6.07) is 31.5. The van der Waals surface area contributed by atoms with Gasteiger partial charge in [-0.2, -0.15) is 0 Å². The van der Waals surface area contributed by atoms with Crippen LogP contribution in [0.4, 0.5) is 0 Å². The molecular formula is C59H100. The van der Waals surface area contributed by atoms with Crippen LogP contribution in [0.2, 0.25) is 0 Å². The van der Waals surface area contributed by atoms with Gasteiger partial charge in [0, 0.05) is 0 Å². The first-order valence-corrected chi connectivity index (χ1v) is 23.7. The summed E-state index contributed by atoms with van der Waals surface area (Å²) in [6.07, 6.45) is 41.7. The van der Waals surface area contributed by atoms with Gasteiger partial charge in [-0.25, -0.2) is 0 Å². The largest absolute Gasteiger partial charge is 0.0885 e. The highest BCUT2D eigenvalue weighted by molar-refractivity contribution is 5.20. The van der Waals surface area contributed by atoms with Crippen molar-refractivity contribution >= 4 is 0 Å². The van der Waals surface area contributed by atoms with Crippen LogP contribution in [0.25, 0.3) is 0 Å². The van der Waals surface area contributed by atoms with Crippen LogP contribution in [0, 0.1) is 36.5 Å². The van der Waals surface area contributed by atoms with Gasteiger partial charge in [0.15, 0.2) is 0 Å². The average molecular weight is 809 g/mol. The number of hydrogen-bond donors (Lipinski definition) is 0. The molecule has 5 aliphatic carbocycles. The van der Waals surface area contributed by atoms with Gasteiger partial charge >= 0.3 is 0 Å². The summed E-state index contributed by atoms with van der Waals surface area (Å²) in [5.74, 6) is 5.01. The van der Waals surface area contributed by atoms with Crippen LogP contribution in [-0.2, 0) is 12.8 Å². The molecule has 336 valence electrons. The molecule has 0 heterocycles. The van der Waals surface area contributed by atoms with Gasteiger partial charge in [0.05, 0.1) is 0 Å². The molecule has 2 atom stereocenters. The summed E-state index contributed by atoms with van der Waals surface area (Å²) >= 11 is 0. The van der Waals surface area contributed by atoms with Crippen LogP contribution in [0.15, 0.2) is 115 Å². The molecule has 0 radical (unpaired) electrons. The summed E-state index contributed by atoms with van der Waals surface area (Å²) in [4.78, 5) is 0. The van der Waals surface area contributed by atoms with Gasteiger partial charge in [0.25, 0.3) is 0 Å². The highest BCUT2D eigenvalue weighted by Crippen LogP contribution is 2.23. The lowest BCUT2D eigenvalue weighted by Crippen LogP contribution is -1.99. The molecule has 2 unspecified atom stereocenters. The molecule has 3 aromatic carbocycles. The minimum Gasteiger partial charge on any atom is -0.0885 e. The van der Waals surface area contributed by atoms with E-state index >= 15 is 0 Å². The van der Waals surface area contributed by atoms with Crippen molar-refractivity contribution in [2.75, 3.05) is 0 Å². The molecular weight excluding hydrogens is 709 g/mol. The van der Waals surface area contributed by atoms with Crippen LogP contribution in [0.5, 0.6) is 0 Å². The Morgan fingerprint density at radius 3 is 0.797 bits per heavy atom. The highest BCUT2D eigenvalue weighted by Gasteiger charge is 2.07. The summed E-state index contributed by atoms with van der Waals surface area (Å²) < 4.78 is 0. The van der Waals surface area contributed by atoms with Crippen molar-refractivity contribution in [1.29, 1.82) is 0 Å². The zero-order valence-electron chi connectivity index (χ0n) is 37.6. The topological polar surface area (TPSA) is 0 Å². The van der Waals surface area contributed by atoms with Crippen molar-refractivity contribution in [2.24, 2.45) is 29.6 Å².